The lowest BCUT2D eigenvalue weighted by Crippen LogP contribution is -2.44. The molecule has 1 aliphatic carbocycles. The van der Waals surface area contributed by atoms with Gasteiger partial charge in [-0.3, -0.25) is 9.59 Å². The van der Waals surface area contributed by atoms with E-state index in [0.29, 0.717) is 12.5 Å². The molecule has 0 aromatic heterocycles. The van der Waals surface area contributed by atoms with Crippen molar-refractivity contribution in [1.29, 1.82) is 0 Å². The van der Waals surface area contributed by atoms with Gasteiger partial charge in [0.15, 0.2) is 0 Å². The van der Waals surface area contributed by atoms with Crippen molar-refractivity contribution < 1.29 is 9.59 Å². The Morgan fingerprint density at radius 1 is 1.26 bits per heavy atom. The van der Waals surface area contributed by atoms with Crippen molar-refractivity contribution in [3.8, 4) is 0 Å². The lowest BCUT2D eigenvalue weighted by molar-refractivity contribution is -0.142. The van der Waals surface area contributed by atoms with Crippen LogP contribution in [0.2, 0.25) is 0 Å². The molecule has 1 saturated carbocycles. The van der Waals surface area contributed by atoms with E-state index in [1.807, 2.05) is 0 Å². The Kier molecular flexibility index (Phi) is 4.45. The minimum absolute atomic E-state index is 0.00922. The van der Waals surface area contributed by atoms with Gasteiger partial charge in [-0.25, -0.2) is 0 Å². The van der Waals surface area contributed by atoms with Crippen LogP contribution in [0.5, 0.6) is 0 Å². The molecule has 1 aliphatic heterocycles. The number of likely N-dealkylation sites (N-methyl/N-ethyl adjacent to an activating group) is 1. The maximum atomic E-state index is 12.5. The van der Waals surface area contributed by atoms with Gasteiger partial charge in [0.2, 0.25) is 11.8 Å². The standard InChI is InChI=1S/C14H25N3O2/c1-10-6-11(8-12(15)7-10)14(19)17-5-3-4-16(2)13(18)9-17/h10-12H,3-9,15H2,1-2H3. The molecule has 0 aromatic rings. The third-order valence-electron chi connectivity index (χ3n) is 4.31. The fraction of sp³-hybridized carbons (Fsp3) is 0.857. The Hall–Kier alpha value is -1.10. The van der Waals surface area contributed by atoms with Crippen molar-refractivity contribution in [2.75, 3.05) is 26.7 Å². The molecule has 0 aromatic carbocycles. The number of nitrogens with two attached hydrogens (primary N) is 1. The highest BCUT2D eigenvalue weighted by Gasteiger charge is 2.33. The number of carbonyl (C=O) groups is 2. The molecule has 5 heteroatoms. The molecule has 3 unspecified atom stereocenters. The Labute approximate surface area is 115 Å². The summed E-state index contributed by atoms with van der Waals surface area (Å²) >= 11 is 0. The van der Waals surface area contributed by atoms with Gasteiger partial charge in [0.25, 0.3) is 0 Å². The van der Waals surface area contributed by atoms with E-state index in [1.165, 1.54) is 0 Å². The molecular weight excluding hydrogens is 242 g/mol. The first kappa shape index (κ1) is 14.3. The maximum absolute atomic E-state index is 12.5. The highest BCUT2D eigenvalue weighted by Crippen LogP contribution is 2.29. The zero-order valence-electron chi connectivity index (χ0n) is 12.0. The highest BCUT2D eigenvalue weighted by atomic mass is 16.2. The lowest BCUT2D eigenvalue weighted by Gasteiger charge is -2.33. The van der Waals surface area contributed by atoms with Crippen LogP contribution in [0.15, 0.2) is 0 Å². The molecule has 19 heavy (non-hydrogen) atoms. The minimum atomic E-state index is 0.00922. The van der Waals surface area contributed by atoms with Gasteiger partial charge in [0.1, 0.15) is 0 Å². The molecule has 1 saturated heterocycles. The van der Waals surface area contributed by atoms with E-state index in [4.69, 9.17) is 5.73 Å². The molecule has 1 heterocycles. The summed E-state index contributed by atoms with van der Waals surface area (Å²) in [5, 5.41) is 0. The summed E-state index contributed by atoms with van der Waals surface area (Å²) in [4.78, 5) is 27.8. The number of carbonyl (C=O) groups excluding carboxylic acids is 2. The van der Waals surface area contributed by atoms with Crippen LogP contribution in [0.3, 0.4) is 0 Å². The molecule has 0 radical (unpaired) electrons. The Morgan fingerprint density at radius 3 is 2.68 bits per heavy atom. The minimum Gasteiger partial charge on any atom is -0.344 e. The van der Waals surface area contributed by atoms with Crippen LogP contribution in [-0.2, 0) is 9.59 Å². The Balaban J connectivity index is 2.00. The second-order valence-electron chi connectivity index (χ2n) is 6.20. The van der Waals surface area contributed by atoms with Crippen molar-refractivity contribution in [2.45, 2.75) is 38.6 Å². The molecule has 2 amide bonds. The predicted octanol–water partition coefficient (Wildman–Crippen LogP) is 0.441. The molecule has 3 atom stereocenters. The van der Waals surface area contributed by atoms with E-state index >= 15 is 0 Å². The zero-order valence-corrected chi connectivity index (χ0v) is 12.0. The third-order valence-corrected chi connectivity index (χ3v) is 4.31. The molecule has 0 bridgehead atoms. The summed E-state index contributed by atoms with van der Waals surface area (Å²) in [6, 6.07) is 0.128. The number of nitrogens with zero attached hydrogens (tertiary/aromatic N) is 2. The van der Waals surface area contributed by atoms with Crippen LogP contribution in [0.25, 0.3) is 0 Å². The first-order valence-corrected chi connectivity index (χ1v) is 7.25. The molecule has 2 rings (SSSR count). The fourth-order valence-electron chi connectivity index (χ4n) is 3.29. The molecule has 2 N–H and O–H groups in total. The van der Waals surface area contributed by atoms with Crippen LogP contribution in [0.1, 0.15) is 32.6 Å². The van der Waals surface area contributed by atoms with E-state index in [-0.39, 0.29) is 30.3 Å². The van der Waals surface area contributed by atoms with E-state index in [0.717, 1.165) is 32.2 Å². The van der Waals surface area contributed by atoms with Crippen molar-refractivity contribution >= 4 is 11.8 Å². The summed E-state index contributed by atoms with van der Waals surface area (Å²) in [6.45, 7) is 3.81. The van der Waals surface area contributed by atoms with Crippen molar-refractivity contribution in [3.05, 3.63) is 0 Å². The highest BCUT2D eigenvalue weighted by molar-refractivity contribution is 5.86. The summed E-state index contributed by atoms with van der Waals surface area (Å²) in [5.41, 5.74) is 6.02. The number of rotatable bonds is 1. The van der Waals surface area contributed by atoms with Crippen LogP contribution in [0, 0.1) is 11.8 Å². The first-order valence-electron chi connectivity index (χ1n) is 7.25. The fourth-order valence-corrected chi connectivity index (χ4v) is 3.29. The van der Waals surface area contributed by atoms with Crippen LogP contribution < -0.4 is 5.73 Å². The molecule has 2 fully saturated rings. The summed E-state index contributed by atoms with van der Waals surface area (Å²) in [5.74, 6) is 0.683. The molecule has 5 nitrogen and oxygen atoms in total. The van der Waals surface area contributed by atoms with Crippen molar-refractivity contribution in [3.63, 3.8) is 0 Å². The topological polar surface area (TPSA) is 66.6 Å². The van der Waals surface area contributed by atoms with Crippen LogP contribution in [0.4, 0.5) is 0 Å². The second-order valence-corrected chi connectivity index (χ2v) is 6.20. The lowest BCUT2D eigenvalue weighted by atomic mass is 9.79. The monoisotopic (exact) mass is 267 g/mol. The Morgan fingerprint density at radius 2 is 2.00 bits per heavy atom. The smallest absolute Gasteiger partial charge is 0.241 e. The van der Waals surface area contributed by atoms with E-state index in [2.05, 4.69) is 6.92 Å². The zero-order chi connectivity index (χ0) is 14.0. The first-order chi connectivity index (χ1) is 8.97. The average molecular weight is 267 g/mol. The van der Waals surface area contributed by atoms with Gasteiger partial charge in [-0.2, -0.15) is 0 Å². The SMILES string of the molecule is CC1CC(N)CC(C(=O)N2CCCN(C)C(=O)C2)C1. The largest absolute Gasteiger partial charge is 0.344 e. The van der Waals surface area contributed by atoms with Gasteiger partial charge in [-0.1, -0.05) is 6.92 Å². The Bertz CT molecular complexity index is 349. The number of hydrogen-bond donors (Lipinski definition) is 1. The molecule has 108 valence electrons. The number of hydrogen-bond acceptors (Lipinski definition) is 3. The molecular formula is C14H25N3O2. The van der Waals surface area contributed by atoms with Gasteiger partial charge in [-0.15, -0.1) is 0 Å². The van der Waals surface area contributed by atoms with Crippen LogP contribution in [-0.4, -0.2) is 54.3 Å². The van der Waals surface area contributed by atoms with Crippen molar-refractivity contribution in [1.82, 2.24) is 9.80 Å². The van der Waals surface area contributed by atoms with Crippen LogP contribution >= 0.6 is 0 Å². The summed E-state index contributed by atoms with van der Waals surface area (Å²) < 4.78 is 0. The summed E-state index contributed by atoms with van der Waals surface area (Å²) in [6.07, 6.45) is 3.55. The third kappa shape index (κ3) is 3.47. The summed E-state index contributed by atoms with van der Waals surface area (Å²) in [7, 11) is 1.80. The second kappa shape index (κ2) is 5.90. The van der Waals surface area contributed by atoms with Crippen molar-refractivity contribution in [2.24, 2.45) is 17.6 Å². The number of amides is 2. The van der Waals surface area contributed by atoms with E-state index in [9.17, 15) is 9.59 Å². The van der Waals surface area contributed by atoms with E-state index < -0.39 is 0 Å². The quantitative estimate of drug-likeness (QED) is 0.749. The van der Waals surface area contributed by atoms with Gasteiger partial charge in [0, 0.05) is 32.1 Å². The normalized spacial score (nSPS) is 33.2. The van der Waals surface area contributed by atoms with Gasteiger partial charge in [-0.05, 0) is 31.6 Å². The van der Waals surface area contributed by atoms with Gasteiger partial charge >= 0.3 is 0 Å². The molecule has 2 aliphatic rings. The van der Waals surface area contributed by atoms with E-state index in [1.54, 1.807) is 16.8 Å². The average Bonchev–Trinajstić information content (AvgIpc) is 2.50. The van der Waals surface area contributed by atoms with Gasteiger partial charge < -0.3 is 15.5 Å². The predicted molar refractivity (Wildman–Crippen MR) is 73.3 cm³/mol. The maximum Gasteiger partial charge on any atom is 0.241 e. The molecule has 0 spiro atoms. The van der Waals surface area contributed by atoms with Gasteiger partial charge in [0.05, 0.1) is 6.54 Å².